The van der Waals surface area contributed by atoms with Gasteiger partial charge in [0, 0.05) is 24.4 Å². The van der Waals surface area contributed by atoms with Crippen LogP contribution in [0.1, 0.15) is 32.9 Å². The van der Waals surface area contributed by atoms with Crippen molar-refractivity contribution < 1.29 is 0 Å². The molecule has 1 aromatic heterocycles. The molecule has 1 heterocycles. The third kappa shape index (κ3) is 5.66. The predicted molar refractivity (Wildman–Crippen MR) is 69.5 cm³/mol. The lowest BCUT2D eigenvalue weighted by molar-refractivity contribution is 0.594. The Kier molecular flexibility index (Phi) is 5.79. The second kappa shape index (κ2) is 7.18. The highest BCUT2D eigenvalue weighted by molar-refractivity contribution is 5.13. The first kappa shape index (κ1) is 12.9. The molecule has 0 bridgehead atoms. The summed E-state index contributed by atoms with van der Waals surface area (Å²) in [5.74, 6) is 0. The molecule has 2 nitrogen and oxygen atoms in total. The second-order valence-electron chi connectivity index (χ2n) is 4.45. The van der Waals surface area contributed by atoms with E-state index in [9.17, 15) is 0 Å². The number of nitrogens with one attached hydrogen (secondary N) is 1. The molecule has 1 rings (SSSR count). The molecule has 1 aromatic rings. The Labute approximate surface area is 98.8 Å². The molecule has 0 aliphatic heterocycles. The molecule has 0 aromatic carbocycles. The van der Waals surface area contributed by atoms with E-state index < -0.39 is 0 Å². The molecule has 0 atom stereocenters. The van der Waals surface area contributed by atoms with Crippen LogP contribution in [0.3, 0.4) is 0 Å². The smallest absolute Gasteiger partial charge is 0.0443 e. The summed E-state index contributed by atoms with van der Waals surface area (Å²) in [6, 6.07) is 6.64. The third-order valence-electron chi connectivity index (χ3n) is 2.38. The van der Waals surface area contributed by atoms with Crippen molar-refractivity contribution in [2.45, 2.75) is 39.7 Å². The summed E-state index contributed by atoms with van der Waals surface area (Å²) < 4.78 is 0. The van der Waals surface area contributed by atoms with Crippen LogP contribution in [-0.4, -0.2) is 17.6 Å². The van der Waals surface area contributed by atoms with E-state index in [0.717, 1.165) is 25.1 Å². The van der Waals surface area contributed by atoms with Crippen molar-refractivity contribution in [2.24, 2.45) is 0 Å². The second-order valence-corrected chi connectivity index (χ2v) is 4.45. The van der Waals surface area contributed by atoms with Crippen molar-refractivity contribution in [3.05, 3.63) is 41.7 Å². The fourth-order valence-electron chi connectivity index (χ4n) is 1.55. The molecule has 2 heteroatoms. The maximum Gasteiger partial charge on any atom is 0.0443 e. The van der Waals surface area contributed by atoms with Crippen molar-refractivity contribution in [1.82, 2.24) is 10.3 Å². The Morgan fingerprint density at radius 3 is 2.88 bits per heavy atom. The van der Waals surface area contributed by atoms with Gasteiger partial charge in [-0.15, -0.1) is 0 Å². The highest BCUT2D eigenvalue weighted by atomic mass is 14.9. The number of hydrogen-bond acceptors (Lipinski definition) is 2. The van der Waals surface area contributed by atoms with E-state index in [2.05, 4.69) is 43.2 Å². The van der Waals surface area contributed by atoms with Crippen LogP contribution in [0.25, 0.3) is 0 Å². The molecule has 0 radical (unpaired) electrons. The molecule has 0 fully saturated rings. The lowest BCUT2D eigenvalue weighted by Gasteiger charge is -2.06. The Morgan fingerprint density at radius 1 is 1.44 bits per heavy atom. The summed E-state index contributed by atoms with van der Waals surface area (Å²) in [6.07, 6.45) is 6.20. The minimum absolute atomic E-state index is 0.574. The first-order valence-corrected chi connectivity index (χ1v) is 5.97. The van der Waals surface area contributed by atoms with Gasteiger partial charge in [-0.2, -0.15) is 0 Å². The fraction of sp³-hybridized carbons (Fsp3) is 0.500. The Bertz CT molecular complexity index is 315. The maximum absolute atomic E-state index is 4.32. The van der Waals surface area contributed by atoms with E-state index in [0.29, 0.717) is 6.04 Å². The van der Waals surface area contributed by atoms with Crippen LogP contribution < -0.4 is 5.32 Å². The van der Waals surface area contributed by atoms with E-state index in [1.165, 1.54) is 5.57 Å². The zero-order valence-electron chi connectivity index (χ0n) is 10.5. The molecule has 0 aliphatic rings. The molecule has 0 amide bonds. The molecule has 0 aliphatic carbocycles. The average molecular weight is 218 g/mol. The van der Waals surface area contributed by atoms with E-state index in [1.54, 1.807) is 0 Å². The van der Waals surface area contributed by atoms with Crippen molar-refractivity contribution in [2.75, 3.05) is 6.54 Å². The first-order valence-electron chi connectivity index (χ1n) is 5.97. The number of pyridine rings is 1. The number of hydrogen-bond donors (Lipinski definition) is 1. The van der Waals surface area contributed by atoms with Gasteiger partial charge in [0.1, 0.15) is 0 Å². The van der Waals surface area contributed by atoms with Gasteiger partial charge in [0.2, 0.25) is 0 Å². The molecule has 16 heavy (non-hydrogen) atoms. The highest BCUT2D eigenvalue weighted by Gasteiger charge is 1.95. The Balaban J connectivity index is 2.29. The van der Waals surface area contributed by atoms with Gasteiger partial charge in [0.25, 0.3) is 0 Å². The maximum atomic E-state index is 4.32. The van der Waals surface area contributed by atoms with Gasteiger partial charge in [-0.25, -0.2) is 0 Å². The number of aromatic nitrogens is 1. The van der Waals surface area contributed by atoms with Crippen molar-refractivity contribution in [1.29, 1.82) is 0 Å². The van der Waals surface area contributed by atoms with E-state index in [4.69, 9.17) is 0 Å². The van der Waals surface area contributed by atoms with Gasteiger partial charge in [0.15, 0.2) is 0 Å². The van der Waals surface area contributed by atoms with Crippen LogP contribution in [0.5, 0.6) is 0 Å². The van der Waals surface area contributed by atoms with Gasteiger partial charge < -0.3 is 5.32 Å². The Hall–Kier alpha value is -1.15. The van der Waals surface area contributed by atoms with Crippen LogP contribution in [0, 0.1) is 0 Å². The van der Waals surface area contributed by atoms with Crippen molar-refractivity contribution in [3.63, 3.8) is 0 Å². The summed E-state index contributed by atoms with van der Waals surface area (Å²) in [4.78, 5) is 4.32. The number of rotatable bonds is 6. The van der Waals surface area contributed by atoms with Crippen LogP contribution in [0.15, 0.2) is 36.0 Å². The zero-order valence-corrected chi connectivity index (χ0v) is 10.5. The Morgan fingerprint density at radius 2 is 2.25 bits per heavy atom. The summed E-state index contributed by atoms with van der Waals surface area (Å²) in [6.45, 7) is 7.57. The minimum Gasteiger partial charge on any atom is -0.314 e. The summed E-state index contributed by atoms with van der Waals surface area (Å²) in [5, 5.41) is 3.40. The summed E-state index contributed by atoms with van der Waals surface area (Å²) in [5.41, 5.74) is 2.54. The molecule has 0 saturated carbocycles. The largest absolute Gasteiger partial charge is 0.314 e. The van der Waals surface area contributed by atoms with E-state index >= 15 is 0 Å². The average Bonchev–Trinajstić information content (AvgIpc) is 2.25. The molecule has 0 saturated heterocycles. The number of allylic oxidation sites excluding steroid dienone is 1. The highest BCUT2D eigenvalue weighted by Crippen LogP contribution is 2.04. The monoisotopic (exact) mass is 218 g/mol. The molecular weight excluding hydrogens is 196 g/mol. The summed E-state index contributed by atoms with van der Waals surface area (Å²) in [7, 11) is 0. The standard InChI is InChI=1S/C14H22N2/c1-12(2)15-10-6-7-13(3)11-14-8-4-5-9-16-14/h4-5,7-9,12,15H,6,10-11H2,1-3H3. The van der Waals surface area contributed by atoms with Crippen molar-refractivity contribution >= 4 is 0 Å². The topological polar surface area (TPSA) is 24.9 Å². The number of nitrogens with zero attached hydrogens (tertiary/aromatic N) is 1. The van der Waals surface area contributed by atoms with Gasteiger partial charge in [0.05, 0.1) is 0 Å². The normalized spacial score (nSPS) is 12.1. The van der Waals surface area contributed by atoms with Gasteiger partial charge in [-0.1, -0.05) is 31.6 Å². The van der Waals surface area contributed by atoms with Crippen LogP contribution in [0.4, 0.5) is 0 Å². The van der Waals surface area contributed by atoms with Crippen molar-refractivity contribution in [3.8, 4) is 0 Å². The van der Waals surface area contributed by atoms with Gasteiger partial charge >= 0.3 is 0 Å². The van der Waals surface area contributed by atoms with Crippen LogP contribution in [-0.2, 0) is 6.42 Å². The van der Waals surface area contributed by atoms with Gasteiger partial charge in [-0.05, 0) is 32.0 Å². The lowest BCUT2D eigenvalue weighted by Crippen LogP contribution is -2.23. The minimum atomic E-state index is 0.574. The molecule has 1 N–H and O–H groups in total. The fourth-order valence-corrected chi connectivity index (χ4v) is 1.55. The molecule has 0 spiro atoms. The quantitative estimate of drug-likeness (QED) is 0.586. The molecule has 0 unspecified atom stereocenters. The zero-order chi connectivity index (χ0) is 11.8. The van der Waals surface area contributed by atoms with Gasteiger partial charge in [-0.3, -0.25) is 4.98 Å². The molecule has 88 valence electrons. The van der Waals surface area contributed by atoms with E-state index in [1.807, 2.05) is 18.3 Å². The van der Waals surface area contributed by atoms with Crippen LogP contribution >= 0.6 is 0 Å². The van der Waals surface area contributed by atoms with Crippen LogP contribution in [0.2, 0.25) is 0 Å². The summed E-state index contributed by atoms with van der Waals surface area (Å²) >= 11 is 0. The third-order valence-corrected chi connectivity index (χ3v) is 2.38. The SMILES string of the molecule is CC(=CCCNC(C)C)Cc1ccccn1. The predicted octanol–water partition coefficient (Wildman–Crippen LogP) is 2.96. The first-order chi connectivity index (χ1) is 7.68. The lowest BCUT2D eigenvalue weighted by atomic mass is 10.1. The molecular formula is C14H22N2. The van der Waals surface area contributed by atoms with E-state index in [-0.39, 0.29) is 0 Å².